The third-order valence-corrected chi connectivity index (χ3v) is 4.86. The van der Waals surface area contributed by atoms with Crippen LogP contribution in [-0.2, 0) is 11.2 Å². The number of carbonyl (C=O) groups is 1. The summed E-state index contributed by atoms with van der Waals surface area (Å²) in [6, 6.07) is 8.43. The lowest BCUT2D eigenvalue weighted by molar-refractivity contribution is -0.121. The first kappa shape index (κ1) is 16.0. The van der Waals surface area contributed by atoms with Crippen molar-refractivity contribution in [1.82, 2.24) is 10.2 Å². The molecule has 0 spiro atoms. The fourth-order valence-corrected chi connectivity index (χ4v) is 3.18. The standard InChI is InChI=1S/C18H28N2O/c1-15-6-8-16(9-7-15)10-11-17(21)19-14-18(20(2)3)12-4-5-13-18/h6-9H,4-5,10-14H2,1-3H3,(H,19,21). The second-order valence-corrected chi connectivity index (χ2v) is 6.59. The summed E-state index contributed by atoms with van der Waals surface area (Å²) in [5, 5.41) is 3.15. The molecule has 0 radical (unpaired) electrons. The Balaban J connectivity index is 1.78. The van der Waals surface area contributed by atoms with Gasteiger partial charge < -0.3 is 10.2 Å². The molecule has 3 nitrogen and oxygen atoms in total. The fourth-order valence-electron chi connectivity index (χ4n) is 3.18. The largest absolute Gasteiger partial charge is 0.354 e. The van der Waals surface area contributed by atoms with Crippen LogP contribution < -0.4 is 5.32 Å². The Morgan fingerprint density at radius 1 is 1.19 bits per heavy atom. The Hall–Kier alpha value is -1.35. The second kappa shape index (κ2) is 7.08. The zero-order valence-electron chi connectivity index (χ0n) is 13.6. The van der Waals surface area contributed by atoms with Crippen molar-refractivity contribution < 1.29 is 4.79 Å². The molecule has 3 heteroatoms. The van der Waals surface area contributed by atoms with Gasteiger partial charge in [-0.05, 0) is 45.8 Å². The normalized spacial score (nSPS) is 17.1. The second-order valence-electron chi connectivity index (χ2n) is 6.59. The molecule has 2 rings (SSSR count). The molecule has 1 amide bonds. The van der Waals surface area contributed by atoms with Gasteiger partial charge in [0.25, 0.3) is 0 Å². The van der Waals surface area contributed by atoms with E-state index in [0.717, 1.165) is 13.0 Å². The molecule has 0 heterocycles. The van der Waals surface area contributed by atoms with Gasteiger partial charge in [-0.25, -0.2) is 0 Å². The first-order valence-corrected chi connectivity index (χ1v) is 8.01. The lowest BCUT2D eigenvalue weighted by Crippen LogP contribution is -2.50. The Labute approximate surface area is 128 Å². The first-order valence-electron chi connectivity index (χ1n) is 8.01. The van der Waals surface area contributed by atoms with Gasteiger partial charge in [-0.15, -0.1) is 0 Å². The predicted molar refractivity (Wildman–Crippen MR) is 87.4 cm³/mol. The van der Waals surface area contributed by atoms with Crippen molar-refractivity contribution in [2.75, 3.05) is 20.6 Å². The molecule has 1 fully saturated rings. The van der Waals surface area contributed by atoms with Crippen LogP contribution in [0.3, 0.4) is 0 Å². The van der Waals surface area contributed by atoms with E-state index >= 15 is 0 Å². The van der Waals surface area contributed by atoms with Crippen molar-refractivity contribution in [2.45, 2.75) is 51.0 Å². The molecule has 1 aromatic carbocycles. The number of nitrogens with one attached hydrogen (secondary N) is 1. The van der Waals surface area contributed by atoms with E-state index in [1.165, 1.54) is 36.8 Å². The third kappa shape index (κ3) is 4.31. The summed E-state index contributed by atoms with van der Waals surface area (Å²) in [6.45, 7) is 2.87. The summed E-state index contributed by atoms with van der Waals surface area (Å²) in [5.41, 5.74) is 2.68. The van der Waals surface area contributed by atoms with Crippen molar-refractivity contribution in [3.63, 3.8) is 0 Å². The van der Waals surface area contributed by atoms with Crippen molar-refractivity contribution >= 4 is 5.91 Å². The molecule has 116 valence electrons. The molecule has 0 aliphatic heterocycles. The number of hydrogen-bond donors (Lipinski definition) is 1. The van der Waals surface area contributed by atoms with Crippen LogP contribution in [0, 0.1) is 6.92 Å². The highest BCUT2D eigenvalue weighted by atomic mass is 16.1. The van der Waals surface area contributed by atoms with E-state index in [9.17, 15) is 4.79 Å². The molecule has 0 bridgehead atoms. The van der Waals surface area contributed by atoms with Crippen LogP contribution >= 0.6 is 0 Å². The number of benzene rings is 1. The highest BCUT2D eigenvalue weighted by Crippen LogP contribution is 2.33. The van der Waals surface area contributed by atoms with Gasteiger partial charge in [0.15, 0.2) is 0 Å². The van der Waals surface area contributed by atoms with E-state index < -0.39 is 0 Å². The quantitative estimate of drug-likeness (QED) is 0.873. The van der Waals surface area contributed by atoms with Crippen molar-refractivity contribution in [1.29, 1.82) is 0 Å². The predicted octanol–water partition coefficient (Wildman–Crippen LogP) is 2.92. The maximum Gasteiger partial charge on any atom is 0.220 e. The molecule has 1 aliphatic carbocycles. The average Bonchev–Trinajstić information content (AvgIpc) is 2.95. The SMILES string of the molecule is Cc1ccc(CCC(=O)NCC2(N(C)C)CCCC2)cc1. The van der Waals surface area contributed by atoms with Crippen LogP contribution in [0.5, 0.6) is 0 Å². The summed E-state index contributed by atoms with van der Waals surface area (Å²) < 4.78 is 0. The number of likely N-dealkylation sites (N-methyl/N-ethyl adjacent to an activating group) is 1. The number of aryl methyl sites for hydroxylation is 2. The number of amides is 1. The Bertz CT molecular complexity index is 459. The van der Waals surface area contributed by atoms with E-state index in [1.807, 2.05) is 0 Å². The number of nitrogens with zero attached hydrogens (tertiary/aromatic N) is 1. The van der Waals surface area contributed by atoms with Crippen LogP contribution in [0.15, 0.2) is 24.3 Å². The van der Waals surface area contributed by atoms with Crippen LogP contribution in [0.1, 0.15) is 43.2 Å². The van der Waals surface area contributed by atoms with Crippen molar-refractivity contribution in [3.8, 4) is 0 Å². The van der Waals surface area contributed by atoms with Crippen LogP contribution in [0.25, 0.3) is 0 Å². The Morgan fingerprint density at radius 3 is 2.38 bits per heavy atom. The molecule has 1 aromatic rings. The Kier molecular flexibility index (Phi) is 5.40. The fraction of sp³-hybridized carbons (Fsp3) is 0.611. The monoisotopic (exact) mass is 288 g/mol. The molecule has 0 aromatic heterocycles. The van der Waals surface area contributed by atoms with E-state index in [4.69, 9.17) is 0 Å². The van der Waals surface area contributed by atoms with E-state index in [2.05, 4.69) is 55.5 Å². The number of carbonyl (C=O) groups excluding carboxylic acids is 1. The van der Waals surface area contributed by atoms with Crippen molar-refractivity contribution in [2.24, 2.45) is 0 Å². The molecule has 21 heavy (non-hydrogen) atoms. The minimum Gasteiger partial charge on any atom is -0.354 e. The van der Waals surface area contributed by atoms with Gasteiger partial charge in [0.2, 0.25) is 5.91 Å². The number of hydrogen-bond acceptors (Lipinski definition) is 2. The van der Waals surface area contributed by atoms with Crippen LogP contribution in [0.2, 0.25) is 0 Å². The van der Waals surface area contributed by atoms with Gasteiger partial charge in [0.05, 0.1) is 0 Å². The molecule has 0 atom stereocenters. The van der Waals surface area contributed by atoms with Crippen molar-refractivity contribution in [3.05, 3.63) is 35.4 Å². The lowest BCUT2D eigenvalue weighted by atomic mass is 9.96. The van der Waals surface area contributed by atoms with Crippen LogP contribution in [-0.4, -0.2) is 37.0 Å². The molecule has 0 unspecified atom stereocenters. The van der Waals surface area contributed by atoms with Gasteiger partial charge in [0, 0.05) is 18.5 Å². The molecular formula is C18H28N2O. The van der Waals surface area contributed by atoms with E-state index in [1.54, 1.807) is 0 Å². The maximum atomic E-state index is 12.1. The molecule has 1 saturated carbocycles. The van der Waals surface area contributed by atoms with E-state index in [0.29, 0.717) is 6.42 Å². The van der Waals surface area contributed by atoms with Gasteiger partial charge in [-0.3, -0.25) is 4.79 Å². The molecule has 1 N–H and O–H groups in total. The highest BCUT2D eigenvalue weighted by Gasteiger charge is 2.35. The average molecular weight is 288 g/mol. The van der Waals surface area contributed by atoms with Crippen LogP contribution in [0.4, 0.5) is 0 Å². The summed E-state index contributed by atoms with van der Waals surface area (Å²) >= 11 is 0. The summed E-state index contributed by atoms with van der Waals surface area (Å²) in [5.74, 6) is 0.170. The summed E-state index contributed by atoms with van der Waals surface area (Å²) in [6.07, 6.45) is 6.33. The van der Waals surface area contributed by atoms with E-state index in [-0.39, 0.29) is 11.4 Å². The lowest BCUT2D eigenvalue weighted by Gasteiger charge is -2.36. The molecular weight excluding hydrogens is 260 g/mol. The minimum absolute atomic E-state index is 0.170. The molecule has 0 saturated heterocycles. The van der Waals surface area contributed by atoms with Gasteiger partial charge in [-0.1, -0.05) is 42.7 Å². The van der Waals surface area contributed by atoms with Gasteiger partial charge in [0.1, 0.15) is 0 Å². The minimum atomic E-state index is 0.170. The maximum absolute atomic E-state index is 12.1. The Morgan fingerprint density at radius 2 is 1.81 bits per heavy atom. The third-order valence-electron chi connectivity index (χ3n) is 4.86. The summed E-state index contributed by atoms with van der Waals surface area (Å²) in [7, 11) is 4.26. The number of rotatable bonds is 6. The summed E-state index contributed by atoms with van der Waals surface area (Å²) in [4.78, 5) is 14.4. The topological polar surface area (TPSA) is 32.3 Å². The zero-order chi connectivity index (χ0) is 15.3. The van der Waals surface area contributed by atoms with Gasteiger partial charge >= 0.3 is 0 Å². The zero-order valence-corrected chi connectivity index (χ0v) is 13.6. The smallest absolute Gasteiger partial charge is 0.220 e. The van der Waals surface area contributed by atoms with Gasteiger partial charge in [-0.2, -0.15) is 0 Å². The highest BCUT2D eigenvalue weighted by molar-refractivity contribution is 5.76. The molecule has 1 aliphatic rings. The first-order chi connectivity index (χ1) is 10.0.